The Morgan fingerprint density at radius 3 is 2.58 bits per heavy atom. The summed E-state index contributed by atoms with van der Waals surface area (Å²) in [6.45, 7) is 0.305. The second-order valence-corrected chi connectivity index (χ2v) is 11.0. The molecule has 1 aliphatic rings. The zero-order valence-electron chi connectivity index (χ0n) is 20.8. The molecule has 1 aromatic heterocycles. The van der Waals surface area contributed by atoms with Gasteiger partial charge < -0.3 is 9.47 Å². The first-order valence-electron chi connectivity index (χ1n) is 12.4. The summed E-state index contributed by atoms with van der Waals surface area (Å²) >= 11 is 16.0. The molecule has 6 nitrogen and oxygen atoms in total. The van der Waals surface area contributed by atoms with Gasteiger partial charge in [0.25, 0.3) is 5.56 Å². The fraction of sp³-hybridized carbons (Fsp3) is 0.276. The summed E-state index contributed by atoms with van der Waals surface area (Å²) in [5, 5.41) is 6.16. The van der Waals surface area contributed by atoms with Gasteiger partial charge in [0.15, 0.2) is 11.5 Å². The maximum absolute atomic E-state index is 13.6. The van der Waals surface area contributed by atoms with Gasteiger partial charge in [-0.3, -0.25) is 4.79 Å². The Morgan fingerprint density at radius 2 is 1.84 bits per heavy atom. The first-order chi connectivity index (χ1) is 18.4. The molecular formula is C29H26BrCl2N3O3. The van der Waals surface area contributed by atoms with E-state index in [1.807, 2.05) is 36.4 Å². The number of rotatable bonds is 7. The molecule has 5 rings (SSSR count). The maximum Gasteiger partial charge on any atom is 0.282 e. The molecule has 0 spiro atoms. The van der Waals surface area contributed by atoms with Gasteiger partial charge in [-0.1, -0.05) is 70.5 Å². The molecule has 0 saturated heterocycles. The predicted octanol–water partition coefficient (Wildman–Crippen LogP) is 7.98. The molecule has 1 fully saturated rings. The van der Waals surface area contributed by atoms with Crippen molar-refractivity contribution in [3.8, 4) is 11.5 Å². The molecule has 0 amide bonds. The predicted molar refractivity (Wildman–Crippen MR) is 156 cm³/mol. The van der Waals surface area contributed by atoms with Crippen molar-refractivity contribution in [1.29, 1.82) is 0 Å². The summed E-state index contributed by atoms with van der Waals surface area (Å²) in [4.78, 5) is 18.4. The normalized spacial score (nSPS) is 14.3. The van der Waals surface area contributed by atoms with E-state index in [1.54, 1.807) is 31.5 Å². The second-order valence-electron chi connectivity index (χ2n) is 9.28. The van der Waals surface area contributed by atoms with E-state index in [0.29, 0.717) is 50.4 Å². The van der Waals surface area contributed by atoms with Crippen LogP contribution in [-0.4, -0.2) is 23.0 Å². The van der Waals surface area contributed by atoms with Crippen LogP contribution in [0.4, 0.5) is 0 Å². The molecule has 0 aliphatic heterocycles. The topological polar surface area (TPSA) is 65.7 Å². The smallest absolute Gasteiger partial charge is 0.282 e. The summed E-state index contributed by atoms with van der Waals surface area (Å²) in [7, 11) is 1.55. The van der Waals surface area contributed by atoms with Crippen molar-refractivity contribution in [2.75, 3.05) is 7.11 Å². The van der Waals surface area contributed by atoms with E-state index in [9.17, 15) is 4.79 Å². The summed E-state index contributed by atoms with van der Waals surface area (Å²) in [6, 6.07) is 16.5. The van der Waals surface area contributed by atoms with Crippen LogP contribution < -0.4 is 15.0 Å². The van der Waals surface area contributed by atoms with Gasteiger partial charge in [0, 0.05) is 15.4 Å². The number of hydrogen-bond donors (Lipinski definition) is 0. The Bertz CT molecular complexity index is 1550. The Morgan fingerprint density at radius 1 is 1.08 bits per heavy atom. The number of ether oxygens (including phenoxy) is 2. The van der Waals surface area contributed by atoms with Crippen LogP contribution in [0.5, 0.6) is 11.5 Å². The van der Waals surface area contributed by atoms with E-state index in [4.69, 9.17) is 37.7 Å². The monoisotopic (exact) mass is 613 g/mol. The number of fused-ring (bicyclic) bond motifs is 1. The van der Waals surface area contributed by atoms with Gasteiger partial charge in [-0.05, 0) is 66.4 Å². The highest BCUT2D eigenvalue weighted by molar-refractivity contribution is 9.10. The van der Waals surface area contributed by atoms with E-state index in [-0.39, 0.29) is 11.5 Å². The molecule has 9 heteroatoms. The third kappa shape index (κ3) is 5.90. The van der Waals surface area contributed by atoms with E-state index in [1.165, 1.54) is 11.1 Å². The van der Waals surface area contributed by atoms with E-state index < -0.39 is 0 Å². The Labute approximate surface area is 239 Å². The fourth-order valence-electron chi connectivity index (χ4n) is 4.72. The average Bonchev–Trinajstić information content (AvgIpc) is 2.93. The average molecular weight is 615 g/mol. The lowest BCUT2D eigenvalue weighted by Gasteiger charge is -2.22. The van der Waals surface area contributed by atoms with Crippen LogP contribution in [-0.2, 0) is 6.61 Å². The molecule has 0 atom stereocenters. The minimum absolute atomic E-state index is 0.184. The zero-order chi connectivity index (χ0) is 26.6. The maximum atomic E-state index is 13.6. The number of hydrogen-bond acceptors (Lipinski definition) is 5. The van der Waals surface area contributed by atoms with Crippen molar-refractivity contribution < 1.29 is 9.47 Å². The molecule has 1 heterocycles. The van der Waals surface area contributed by atoms with Crippen LogP contribution in [0.3, 0.4) is 0 Å². The van der Waals surface area contributed by atoms with Gasteiger partial charge in [-0.25, -0.2) is 4.98 Å². The van der Waals surface area contributed by atoms with Crippen molar-refractivity contribution in [2.24, 2.45) is 5.10 Å². The highest BCUT2D eigenvalue weighted by Crippen LogP contribution is 2.37. The molecule has 0 N–H and O–H groups in total. The number of benzene rings is 3. The lowest BCUT2D eigenvalue weighted by atomic mass is 9.88. The number of halogens is 3. The molecule has 0 radical (unpaired) electrons. The van der Waals surface area contributed by atoms with Gasteiger partial charge in [-0.2, -0.15) is 9.78 Å². The number of aromatic nitrogens is 2. The van der Waals surface area contributed by atoms with Crippen LogP contribution >= 0.6 is 39.1 Å². The third-order valence-corrected chi connectivity index (χ3v) is 7.70. The van der Waals surface area contributed by atoms with Gasteiger partial charge >= 0.3 is 0 Å². The Kier molecular flexibility index (Phi) is 8.36. The molecular weight excluding hydrogens is 589 g/mol. The quantitative estimate of drug-likeness (QED) is 0.198. The Hall–Kier alpha value is -2.87. The highest BCUT2D eigenvalue weighted by Gasteiger charge is 2.22. The molecule has 4 aromatic rings. The second kappa shape index (κ2) is 11.9. The minimum atomic E-state index is -0.200. The molecule has 3 aromatic carbocycles. The van der Waals surface area contributed by atoms with E-state index >= 15 is 0 Å². The molecule has 1 saturated carbocycles. The summed E-state index contributed by atoms with van der Waals surface area (Å²) in [5.41, 5.74) is 2.09. The SMILES string of the molecule is COc1cc(C=Nn2c(C3CCCCC3)nc3ccc(Br)cc3c2=O)cc(Cl)c1OCc1ccc(Cl)cc1. The van der Waals surface area contributed by atoms with Crippen LogP contribution in [0.2, 0.25) is 10.0 Å². The minimum Gasteiger partial charge on any atom is -0.493 e. The summed E-state index contributed by atoms with van der Waals surface area (Å²) in [6.07, 6.45) is 7.03. The molecule has 196 valence electrons. The highest BCUT2D eigenvalue weighted by atomic mass is 79.9. The van der Waals surface area contributed by atoms with E-state index in [2.05, 4.69) is 21.0 Å². The summed E-state index contributed by atoms with van der Waals surface area (Å²) < 4.78 is 13.8. The number of methoxy groups -OCH3 is 1. The lowest BCUT2D eigenvalue weighted by molar-refractivity contribution is 0.284. The van der Waals surface area contributed by atoms with Gasteiger partial charge in [0.1, 0.15) is 12.4 Å². The van der Waals surface area contributed by atoms with Crippen molar-refractivity contribution in [2.45, 2.75) is 44.6 Å². The van der Waals surface area contributed by atoms with Gasteiger partial charge in [-0.15, -0.1) is 0 Å². The molecule has 0 unspecified atom stereocenters. The Balaban J connectivity index is 1.49. The fourth-order valence-corrected chi connectivity index (χ4v) is 5.48. The first-order valence-corrected chi connectivity index (χ1v) is 14.0. The third-order valence-electron chi connectivity index (χ3n) is 6.67. The largest absolute Gasteiger partial charge is 0.493 e. The first kappa shape index (κ1) is 26.7. The van der Waals surface area contributed by atoms with Crippen molar-refractivity contribution in [1.82, 2.24) is 9.66 Å². The lowest BCUT2D eigenvalue weighted by Crippen LogP contribution is -2.25. The van der Waals surface area contributed by atoms with Crippen molar-refractivity contribution in [3.63, 3.8) is 0 Å². The van der Waals surface area contributed by atoms with Crippen molar-refractivity contribution >= 4 is 56.2 Å². The molecule has 38 heavy (non-hydrogen) atoms. The van der Waals surface area contributed by atoms with Gasteiger partial charge in [0.2, 0.25) is 0 Å². The van der Waals surface area contributed by atoms with Crippen LogP contribution in [0, 0.1) is 0 Å². The van der Waals surface area contributed by atoms with Crippen LogP contribution in [0.15, 0.2) is 69.0 Å². The summed E-state index contributed by atoms with van der Waals surface area (Å²) in [5.74, 6) is 1.78. The van der Waals surface area contributed by atoms with Gasteiger partial charge in [0.05, 0.1) is 29.2 Å². The standard InChI is InChI=1S/C29H26BrCl2N3O3/c1-37-26-14-19(13-24(32)27(26)38-17-18-7-10-22(31)11-8-18)16-33-35-28(20-5-3-2-4-6-20)34-25-12-9-21(30)15-23(25)29(35)36/h7-16,20H,2-6,17H2,1H3. The van der Waals surface area contributed by atoms with Crippen LogP contribution in [0.25, 0.3) is 10.9 Å². The molecule has 1 aliphatic carbocycles. The zero-order valence-corrected chi connectivity index (χ0v) is 23.9. The van der Waals surface area contributed by atoms with E-state index in [0.717, 1.165) is 35.7 Å². The van der Waals surface area contributed by atoms with Crippen LogP contribution in [0.1, 0.15) is 55.0 Å². The van der Waals surface area contributed by atoms with Crippen molar-refractivity contribution in [3.05, 3.63) is 96.4 Å². The number of nitrogens with zero attached hydrogens (tertiary/aromatic N) is 3. The molecule has 0 bridgehead atoms.